The molecule has 152 valence electrons. The molecule has 2 N–H and O–H groups in total. The number of fused-ring (bicyclic) bond motifs is 1. The molecule has 0 saturated carbocycles. The van der Waals surface area contributed by atoms with Crippen molar-refractivity contribution in [2.24, 2.45) is 0 Å². The van der Waals surface area contributed by atoms with Crippen LogP contribution in [0.25, 0.3) is 0 Å². The third-order valence-corrected chi connectivity index (χ3v) is 6.33. The van der Waals surface area contributed by atoms with Crippen molar-refractivity contribution < 1.29 is 14.3 Å². The summed E-state index contributed by atoms with van der Waals surface area (Å²) in [7, 11) is 3.58. The van der Waals surface area contributed by atoms with Crippen LogP contribution in [-0.2, 0) is 16.1 Å². The van der Waals surface area contributed by atoms with E-state index in [9.17, 15) is 9.59 Å². The Balaban J connectivity index is 1.52. The molecule has 3 aliphatic heterocycles. The molecule has 3 fully saturated rings. The molecular weight excluding hydrogens is 405 g/mol. The lowest BCUT2D eigenvalue weighted by Crippen LogP contribution is -2.65. The zero-order valence-corrected chi connectivity index (χ0v) is 17.2. The van der Waals surface area contributed by atoms with Gasteiger partial charge in [0, 0.05) is 19.7 Å². The van der Waals surface area contributed by atoms with E-state index in [2.05, 4.69) is 10.6 Å². The lowest BCUT2D eigenvalue weighted by molar-refractivity contribution is -0.138. The van der Waals surface area contributed by atoms with Crippen molar-refractivity contribution in [1.29, 1.82) is 0 Å². The van der Waals surface area contributed by atoms with Gasteiger partial charge < -0.3 is 9.64 Å². The number of carbonyl (C=O) groups is 2. The van der Waals surface area contributed by atoms with E-state index in [0.29, 0.717) is 16.7 Å². The molecule has 4 atom stereocenters. The number of urea groups is 1. The number of nitrogens with one attached hydrogen (secondary N) is 2. The van der Waals surface area contributed by atoms with Crippen molar-refractivity contribution in [2.75, 3.05) is 27.3 Å². The van der Waals surface area contributed by atoms with Crippen LogP contribution in [0.15, 0.2) is 18.2 Å². The monoisotopic (exact) mass is 427 g/mol. The van der Waals surface area contributed by atoms with Gasteiger partial charge in [-0.15, -0.1) is 0 Å². The maximum absolute atomic E-state index is 13.2. The molecule has 0 radical (unpaired) electrons. The van der Waals surface area contributed by atoms with Gasteiger partial charge in [-0.3, -0.25) is 25.2 Å². The second-order valence-corrected chi connectivity index (χ2v) is 8.23. The van der Waals surface area contributed by atoms with Gasteiger partial charge in [-0.1, -0.05) is 29.3 Å². The average Bonchev–Trinajstić information content (AvgIpc) is 3.29. The van der Waals surface area contributed by atoms with Crippen LogP contribution in [0, 0.1) is 0 Å². The number of hydrogen-bond acceptors (Lipinski definition) is 6. The number of likely N-dealkylation sites (N-methyl/N-ethyl adjacent to an activating group) is 2. The molecule has 4 rings (SSSR count). The quantitative estimate of drug-likeness (QED) is 0.753. The van der Waals surface area contributed by atoms with Crippen LogP contribution in [0.5, 0.6) is 0 Å². The van der Waals surface area contributed by atoms with Crippen molar-refractivity contribution in [3.8, 4) is 0 Å². The first-order valence-electron chi connectivity index (χ1n) is 9.20. The maximum Gasteiger partial charge on any atom is 0.328 e. The summed E-state index contributed by atoms with van der Waals surface area (Å²) in [6.07, 6.45) is 0.314. The van der Waals surface area contributed by atoms with Gasteiger partial charge in [-0.05, 0) is 31.2 Å². The van der Waals surface area contributed by atoms with Crippen molar-refractivity contribution in [3.63, 3.8) is 0 Å². The highest BCUT2D eigenvalue weighted by Crippen LogP contribution is 2.28. The van der Waals surface area contributed by atoms with E-state index >= 15 is 0 Å². The van der Waals surface area contributed by atoms with Crippen LogP contribution >= 0.6 is 23.2 Å². The minimum absolute atomic E-state index is 0.143. The summed E-state index contributed by atoms with van der Waals surface area (Å²) in [5, 5.41) is 7.65. The summed E-state index contributed by atoms with van der Waals surface area (Å²) in [6.45, 7) is 1.52. The minimum atomic E-state index is -0.481. The SMILES string of the molecule is CN1C(=O)N(Cc2ccc(Cl)c(Cl)c2)C(=O)C2C1NC(N[C@H]1CCOC1)N2C. The van der Waals surface area contributed by atoms with Crippen LogP contribution in [-0.4, -0.2) is 78.5 Å². The Morgan fingerprint density at radius 1 is 1.25 bits per heavy atom. The third-order valence-electron chi connectivity index (χ3n) is 5.59. The Bertz CT molecular complexity index is 788. The number of halogens is 2. The summed E-state index contributed by atoms with van der Waals surface area (Å²) >= 11 is 12.0. The Morgan fingerprint density at radius 3 is 2.71 bits per heavy atom. The minimum Gasteiger partial charge on any atom is -0.380 e. The Hall–Kier alpha value is -1.42. The molecule has 3 amide bonds. The smallest absolute Gasteiger partial charge is 0.328 e. The molecule has 0 spiro atoms. The molecule has 3 unspecified atom stereocenters. The summed E-state index contributed by atoms with van der Waals surface area (Å²) in [4.78, 5) is 30.8. The van der Waals surface area contributed by atoms with Gasteiger partial charge >= 0.3 is 6.03 Å². The lowest BCUT2D eigenvalue weighted by atomic mass is 10.1. The average molecular weight is 428 g/mol. The van der Waals surface area contributed by atoms with Gasteiger partial charge in [0.1, 0.15) is 18.5 Å². The molecule has 1 aromatic carbocycles. The molecule has 1 aromatic rings. The molecule has 10 heteroatoms. The molecule has 3 heterocycles. The predicted octanol–water partition coefficient (Wildman–Crippen LogP) is 1.28. The molecule has 3 saturated heterocycles. The Labute approximate surface area is 173 Å². The van der Waals surface area contributed by atoms with E-state index in [4.69, 9.17) is 27.9 Å². The predicted molar refractivity (Wildman–Crippen MR) is 105 cm³/mol. The number of amides is 3. The molecule has 3 aliphatic rings. The number of carbonyl (C=O) groups excluding carboxylic acids is 2. The van der Waals surface area contributed by atoms with Crippen LogP contribution < -0.4 is 10.6 Å². The number of benzene rings is 1. The topological polar surface area (TPSA) is 77.2 Å². The summed E-state index contributed by atoms with van der Waals surface area (Å²) in [5.41, 5.74) is 0.745. The van der Waals surface area contributed by atoms with Crippen molar-refractivity contribution in [3.05, 3.63) is 33.8 Å². The highest BCUT2D eigenvalue weighted by atomic mass is 35.5. The fraction of sp³-hybridized carbons (Fsp3) is 0.556. The fourth-order valence-corrected chi connectivity index (χ4v) is 4.29. The van der Waals surface area contributed by atoms with Crippen molar-refractivity contribution >= 4 is 35.1 Å². The van der Waals surface area contributed by atoms with Crippen LogP contribution in [0.4, 0.5) is 4.79 Å². The summed E-state index contributed by atoms with van der Waals surface area (Å²) in [6, 6.07) is 4.51. The molecule has 0 bridgehead atoms. The second kappa shape index (κ2) is 7.78. The molecule has 28 heavy (non-hydrogen) atoms. The van der Waals surface area contributed by atoms with E-state index < -0.39 is 12.2 Å². The first-order valence-corrected chi connectivity index (χ1v) is 9.96. The van der Waals surface area contributed by atoms with E-state index in [1.165, 1.54) is 4.90 Å². The first-order chi connectivity index (χ1) is 13.4. The standard InChI is InChI=1S/C18H23Cl2N5O3/c1-23-14-15(22-17(23)21-11-5-6-28-9-11)24(2)18(27)25(16(14)26)8-10-3-4-12(19)13(20)7-10/h3-4,7,11,14-15,17,21-22H,5-6,8-9H2,1-2H3/t11-,14?,15?,17?/m0/s1. The largest absolute Gasteiger partial charge is 0.380 e. The number of ether oxygens (including phenoxy) is 1. The maximum atomic E-state index is 13.2. The fourth-order valence-electron chi connectivity index (χ4n) is 3.97. The van der Waals surface area contributed by atoms with E-state index in [-0.39, 0.29) is 30.8 Å². The lowest BCUT2D eigenvalue weighted by Gasteiger charge is -2.40. The number of imide groups is 1. The molecule has 8 nitrogen and oxygen atoms in total. The summed E-state index contributed by atoms with van der Waals surface area (Å²) < 4.78 is 5.41. The highest BCUT2D eigenvalue weighted by molar-refractivity contribution is 6.42. The van der Waals surface area contributed by atoms with Gasteiger partial charge in [0.25, 0.3) is 5.91 Å². The zero-order chi connectivity index (χ0) is 20.0. The highest BCUT2D eigenvalue weighted by Gasteiger charge is 2.53. The zero-order valence-electron chi connectivity index (χ0n) is 15.7. The first kappa shape index (κ1) is 19.9. The van der Waals surface area contributed by atoms with Crippen molar-refractivity contribution in [1.82, 2.24) is 25.3 Å². The normalized spacial score (nSPS) is 31.0. The third kappa shape index (κ3) is 3.49. The van der Waals surface area contributed by atoms with E-state index in [1.807, 2.05) is 11.9 Å². The molecule has 0 aliphatic carbocycles. The number of rotatable bonds is 4. The second-order valence-electron chi connectivity index (χ2n) is 7.42. The van der Waals surface area contributed by atoms with Gasteiger partial charge in [-0.2, -0.15) is 0 Å². The number of hydrogen-bond donors (Lipinski definition) is 2. The van der Waals surface area contributed by atoms with Crippen LogP contribution in [0.3, 0.4) is 0 Å². The van der Waals surface area contributed by atoms with Crippen molar-refractivity contribution in [2.45, 2.75) is 37.5 Å². The number of nitrogens with zero attached hydrogens (tertiary/aromatic N) is 3. The molecular formula is C18H23Cl2N5O3. The Morgan fingerprint density at radius 2 is 2.04 bits per heavy atom. The van der Waals surface area contributed by atoms with Gasteiger partial charge in [0.15, 0.2) is 0 Å². The van der Waals surface area contributed by atoms with Gasteiger partial charge in [0.05, 0.1) is 23.2 Å². The van der Waals surface area contributed by atoms with Crippen LogP contribution in [0.1, 0.15) is 12.0 Å². The van der Waals surface area contributed by atoms with E-state index in [0.717, 1.165) is 18.6 Å². The summed E-state index contributed by atoms with van der Waals surface area (Å²) in [5.74, 6) is -0.235. The Kier molecular flexibility index (Phi) is 5.52. The van der Waals surface area contributed by atoms with Gasteiger partial charge in [-0.25, -0.2) is 4.79 Å². The van der Waals surface area contributed by atoms with Gasteiger partial charge in [0.2, 0.25) is 0 Å². The van der Waals surface area contributed by atoms with Crippen LogP contribution in [0.2, 0.25) is 10.0 Å². The molecule has 0 aromatic heterocycles. The van der Waals surface area contributed by atoms with E-state index in [1.54, 1.807) is 30.1 Å².